The third-order valence-electron chi connectivity index (χ3n) is 0.455. The van der Waals surface area contributed by atoms with E-state index in [9.17, 15) is 0 Å². The van der Waals surface area contributed by atoms with Gasteiger partial charge in [0.15, 0.2) is 0 Å². The standard InChI is InChI=1S/C6H2.C2H6/c1-2-4-6-5-3-1;1-2/h1,6H;1-2H3. The normalized spacial score (nSPS) is 8.75. The molecule has 1 rings (SSSR count). The highest BCUT2D eigenvalue weighted by Gasteiger charge is 1.56. The van der Waals surface area contributed by atoms with Crippen LogP contribution in [-0.4, -0.2) is 0 Å². The van der Waals surface area contributed by atoms with Crippen molar-refractivity contribution in [3.8, 4) is 11.8 Å². The zero-order valence-corrected chi connectivity index (χ0v) is 5.15. The van der Waals surface area contributed by atoms with Crippen LogP contribution in [0.4, 0.5) is 0 Å². The largest absolute Gasteiger partial charge is 0.0683 e. The molecule has 0 spiro atoms. The fourth-order valence-electron chi connectivity index (χ4n) is 0.239. The summed E-state index contributed by atoms with van der Waals surface area (Å²) >= 11 is 0. The van der Waals surface area contributed by atoms with Crippen molar-refractivity contribution in [3.63, 3.8) is 0 Å². The molecule has 1 aliphatic rings. The van der Waals surface area contributed by atoms with Crippen LogP contribution < -0.4 is 0 Å². The Morgan fingerprint density at radius 1 is 0.875 bits per heavy atom. The number of hydrogen-bond acceptors (Lipinski definition) is 0. The molecule has 0 aromatic carbocycles. The van der Waals surface area contributed by atoms with Crippen LogP contribution in [0, 0.1) is 11.8 Å². The fourth-order valence-corrected chi connectivity index (χ4v) is 0.239. The fraction of sp³-hybridized carbons (Fsp3) is 0.250. The van der Waals surface area contributed by atoms with Gasteiger partial charge in [0.2, 0.25) is 0 Å². The van der Waals surface area contributed by atoms with E-state index in [1.165, 1.54) is 0 Å². The average Bonchev–Trinajstić information content (AvgIpc) is 1.96. The lowest BCUT2D eigenvalue weighted by molar-refractivity contribution is 1.50. The molecule has 0 radical (unpaired) electrons. The van der Waals surface area contributed by atoms with Crippen molar-refractivity contribution in [1.82, 2.24) is 0 Å². The van der Waals surface area contributed by atoms with Crippen molar-refractivity contribution in [1.29, 1.82) is 0 Å². The smallest absolute Gasteiger partial charge is 0.0390 e. The Kier molecular flexibility index (Phi) is 5.02. The minimum Gasteiger partial charge on any atom is -0.0683 e. The highest BCUT2D eigenvalue weighted by atomic mass is 13.6. The van der Waals surface area contributed by atoms with Gasteiger partial charge in [0.05, 0.1) is 0 Å². The van der Waals surface area contributed by atoms with Gasteiger partial charge in [0.1, 0.15) is 0 Å². The van der Waals surface area contributed by atoms with E-state index in [4.69, 9.17) is 0 Å². The molecule has 8 heavy (non-hydrogen) atoms. The maximum Gasteiger partial charge on any atom is 0.0390 e. The van der Waals surface area contributed by atoms with Crippen LogP contribution >= 0.6 is 0 Å². The predicted octanol–water partition coefficient (Wildman–Crippen LogP) is 1.90. The van der Waals surface area contributed by atoms with Crippen molar-refractivity contribution in [2.45, 2.75) is 13.8 Å². The molecule has 0 aliphatic heterocycles. The van der Waals surface area contributed by atoms with E-state index in [1.54, 1.807) is 12.2 Å². The first-order chi connectivity index (χ1) is 4.00. The molecule has 0 N–H and O–H groups in total. The highest BCUT2D eigenvalue weighted by molar-refractivity contribution is 5.26. The monoisotopic (exact) mass is 104 g/mol. The Morgan fingerprint density at radius 2 is 1.25 bits per heavy atom. The Bertz CT molecular complexity index is 166. The molecule has 1 aliphatic carbocycles. The molecule has 0 saturated carbocycles. The van der Waals surface area contributed by atoms with Gasteiger partial charge in [-0.25, -0.2) is 0 Å². The van der Waals surface area contributed by atoms with E-state index in [-0.39, 0.29) is 0 Å². The summed E-state index contributed by atoms with van der Waals surface area (Å²) in [6.07, 6.45) is 3.28. The molecule has 0 unspecified atom stereocenters. The first-order valence-corrected chi connectivity index (χ1v) is 2.65. The van der Waals surface area contributed by atoms with Crippen LogP contribution in [0.1, 0.15) is 13.8 Å². The molecular weight excluding hydrogens is 96.1 g/mol. The van der Waals surface area contributed by atoms with Gasteiger partial charge < -0.3 is 0 Å². The third kappa shape index (κ3) is 3.07. The van der Waals surface area contributed by atoms with Gasteiger partial charge in [-0.15, -0.1) is 0 Å². The van der Waals surface area contributed by atoms with Crippen molar-refractivity contribution < 1.29 is 0 Å². The van der Waals surface area contributed by atoms with Crippen LogP contribution in [0.15, 0.2) is 23.6 Å². The van der Waals surface area contributed by atoms with Gasteiger partial charge >= 0.3 is 0 Å². The SMILES string of the molecule is C1=C=CC#CC=1.CC. The van der Waals surface area contributed by atoms with Gasteiger partial charge in [-0.2, -0.15) is 0 Å². The summed E-state index contributed by atoms with van der Waals surface area (Å²) in [5.41, 5.74) is 5.36. The molecule has 0 heterocycles. The summed E-state index contributed by atoms with van der Waals surface area (Å²) in [5.74, 6) is 5.36. The summed E-state index contributed by atoms with van der Waals surface area (Å²) in [4.78, 5) is 0. The molecular formula is C8H8. The van der Waals surface area contributed by atoms with Crippen LogP contribution in [0.3, 0.4) is 0 Å². The molecule has 0 aromatic heterocycles. The van der Waals surface area contributed by atoms with E-state index in [2.05, 4.69) is 23.3 Å². The number of hydrogen-bond donors (Lipinski definition) is 0. The van der Waals surface area contributed by atoms with Gasteiger partial charge in [0.25, 0.3) is 0 Å². The van der Waals surface area contributed by atoms with Crippen LogP contribution in [-0.2, 0) is 0 Å². The Labute approximate surface area is 50.2 Å². The third-order valence-corrected chi connectivity index (χ3v) is 0.455. The van der Waals surface area contributed by atoms with Gasteiger partial charge in [0, 0.05) is 12.2 Å². The van der Waals surface area contributed by atoms with Gasteiger partial charge in [-0.05, 0) is 0 Å². The van der Waals surface area contributed by atoms with Gasteiger partial charge in [-0.3, -0.25) is 0 Å². The lowest BCUT2D eigenvalue weighted by Crippen LogP contribution is -1.48. The minimum atomic E-state index is 1.64. The lowest BCUT2D eigenvalue weighted by Gasteiger charge is -1.60. The van der Waals surface area contributed by atoms with Crippen molar-refractivity contribution >= 4 is 0 Å². The lowest BCUT2D eigenvalue weighted by atomic mass is 10.4. The number of allylic oxidation sites excluding steroid dienone is 2. The molecule has 0 atom stereocenters. The molecule has 0 saturated heterocycles. The molecule has 0 fully saturated rings. The van der Waals surface area contributed by atoms with E-state index < -0.39 is 0 Å². The van der Waals surface area contributed by atoms with Crippen LogP contribution in [0.25, 0.3) is 0 Å². The van der Waals surface area contributed by atoms with Crippen molar-refractivity contribution in [2.24, 2.45) is 0 Å². The molecule has 0 heteroatoms. The van der Waals surface area contributed by atoms with Crippen molar-refractivity contribution in [2.75, 3.05) is 0 Å². The highest BCUT2D eigenvalue weighted by Crippen LogP contribution is 1.68. The molecule has 0 bridgehead atoms. The molecule has 0 nitrogen and oxygen atoms in total. The predicted molar refractivity (Wildman–Crippen MR) is 35.3 cm³/mol. The summed E-state index contributed by atoms with van der Waals surface area (Å²) in [6.45, 7) is 4.00. The maximum absolute atomic E-state index is 2.68. The first-order valence-electron chi connectivity index (χ1n) is 2.65. The Hall–Kier alpha value is -1.14. The summed E-state index contributed by atoms with van der Waals surface area (Å²) in [5, 5.41) is 0. The molecule has 0 amide bonds. The summed E-state index contributed by atoms with van der Waals surface area (Å²) in [6, 6.07) is 0. The maximum atomic E-state index is 2.68. The second kappa shape index (κ2) is 5.86. The summed E-state index contributed by atoms with van der Waals surface area (Å²) in [7, 11) is 0. The van der Waals surface area contributed by atoms with E-state index in [0.717, 1.165) is 0 Å². The quantitative estimate of drug-likeness (QED) is 0.325. The molecule has 40 valence electrons. The zero-order chi connectivity index (χ0) is 6.24. The van der Waals surface area contributed by atoms with E-state index in [0.29, 0.717) is 0 Å². The van der Waals surface area contributed by atoms with E-state index in [1.807, 2.05) is 13.8 Å². The second-order valence-electron chi connectivity index (χ2n) is 0.866. The minimum absolute atomic E-state index is 1.64. The Morgan fingerprint density at radius 3 is 1.38 bits per heavy atom. The summed E-state index contributed by atoms with van der Waals surface area (Å²) < 4.78 is 0. The Balaban J connectivity index is 0.000000222. The van der Waals surface area contributed by atoms with E-state index >= 15 is 0 Å². The zero-order valence-electron chi connectivity index (χ0n) is 5.15. The first kappa shape index (κ1) is 6.86. The van der Waals surface area contributed by atoms with Crippen LogP contribution in [0.2, 0.25) is 0 Å². The van der Waals surface area contributed by atoms with Crippen LogP contribution in [0.5, 0.6) is 0 Å². The molecule has 0 aromatic rings. The van der Waals surface area contributed by atoms with Gasteiger partial charge in [-0.1, -0.05) is 37.2 Å². The average molecular weight is 104 g/mol. The topological polar surface area (TPSA) is 0 Å². The second-order valence-corrected chi connectivity index (χ2v) is 0.866. The number of rotatable bonds is 0. The van der Waals surface area contributed by atoms with Crippen molar-refractivity contribution in [3.05, 3.63) is 23.6 Å².